The van der Waals surface area contributed by atoms with Crippen molar-refractivity contribution >= 4 is 5.91 Å². The molecule has 0 saturated heterocycles. The van der Waals surface area contributed by atoms with E-state index in [2.05, 4.69) is 19.2 Å². The van der Waals surface area contributed by atoms with Crippen molar-refractivity contribution in [3.63, 3.8) is 0 Å². The smallest absolute Gasteiger partial charge is 0.219 e. The second-order valence-electron chi connectivity index (χ2n) is 5.25. The number of hydrogen-bond donors (Lipinski definition) is 2. The quantitative estimate of drug-likeness (QED) is 0.850. The number of para-hydroxylation sites is 1. The van der Waals surface area contributed by atoms with Crippen LogP contribution in [-0.4, -0.2) is 19.1 Å². The highest BCUT2D eigenvalue weighted by atomic mass is 16.5. The first kappa shape index (κ1) is 13.9. The molecule has 1 amide bonds. The van der Waals surface area contributed by atoms with Crippen LogP contribution in [0, 0.1) is 5.92 Å². The van der Waals surface area contributed by atoms with Crippen molar-refractivity contribution in [2.45, 2.75) is 32.2 Å². The molecule has 0 aromatic heterocycles. The largest absolute Gasteiger partial charge is 0.493 e. The lowest BCUT2D eigenvalue weighted by Gasteiger charge is -2.44. The summed E-state index contributed by atoms with van der Waals surface area (Å²) in [5, 5.41) is 3.54. The molecule has 2 unspecified atom stereocenters. The maximum absolute atomic E-state index is 11.5. The van der Waals surface area contributed by atoms with Crippen LogP contribution in [0.2, 0.25) is 0 Å². The van der Waals surface area contributed by atoms with E-state index in [9.17, 15) is 4.79 Å². The molecule has 0 bridgehead atoms. The molecule has 104 valence electrons. The van der Waals surface area contributed by atoms with Gasteiger partial charge in [-0.05, 0) is 19.0 Å². The van der Waals surface area contributed by atoms with Gasteiger partial charge in [0.25, 0.3) is 0 Å². The molecule has 0 radical (unpaired) electrons. The van der Waals surface area contributed by atoms with Gasteiger partial charge in [0, 0.05) is 17.9 Å². The van der Waals surface area contributed by atoms with Gasteiger partial charge in [-0.15, -0.1) is 0 Å². The van der Waals surface area contributed by atoms with E-state index in [1.54, 1.807) is 0 Å². The first-order chi connectivity index (χ1) is 9.10. The van der Waals surface area contributed by atoms with E-state index in [-0.39, 0.29) is 11.8 Å². The number of fused-ring (bicyclic) bond motifs is 1. The third kappa shape index (κ3) is 2.59. The van der Waals surface area contributed by atoms with Crippen LogP contribution in [0.5, 0.6) is 5.75 Å². The Balaban J connectivity index is 2.46. The van der Waals surface area contributed by atoms with Crippen LogP contribution < -0.4 is 15.8 Å². The Morgan fingerprint density at radius 2 is 2.26 bits per heavy atom. The molecule has 1 heterocycles. The highest BCUT2D eigenvalue weighted by Crippen LogP contribution is 2.42. The Labute approximate surface area is 114 Å². The van der Waals surface area contributed by atoms with Gasteiger partial charge in [-0.1, -0.05) is 32.0 Å². The van der Waals surface area contributed by atoms with E-state index in [1.807, 2.05) is 24.3 Å². The van der Waals surface area contributed by atoms with Crippen LogP contribution in [0.15, 0.2) is 24.3 Å². The molecule has 0 saturated carbocycles. The molecule has 2 rings (SSSR count). The lowest BCUT2D eigenvalue weighted by atomic mass is 9.74. The topological polar surface area (TPSA) is 64.3 Å². The SMILES string of the molecule is CCCNC1(CC(N)=O)c2ccccc2OCC1C. The summed E-state index contributed by atoms with van der Waals surface area (Å²) in [7, 11) is 0. The van der Waals surface area contributed by atoms with Gasteiger partial charge in [0.15, 0.2) is 0 Å². The van der Waals surface area contributed by atoms with E-state index < -0.39 is 5.54 Å². The average Bonchev–Trinajstić information content (AvgIpc) is 2.40. The molecule has 0 fully saturated rings. The summed E-state index contributed by atoms with van der Waals surface area (Å²) >= 11 is 0. The van der Waals surface area contributed by atoms with Gasteiger partial charge in [0.2, 0.25) is 5.91 Å². The Morgan fingerprint density at radius 1 is 1.53 bits per heavy atom. The molecule has 1 aromatic rings. The van der Waals surface area contributed by atoms with Gasteiger partial charge in [0.05, 0.1) is 12.1 Å². The first-order valence-electron chi connectivity index (χ1n) is 6.85. The second kappa shape index (κ2) is 5.61. The first-order valence-corrected chi connectivity index (χ1v) is 6.85. The number of nitrogens with one attached hydrogen (secondary N) is 1. The zero-order chi connectivity index (χ0) is 13.9. The highest BCUT2D eigenvalue weighted by Gasteiger charge is 2.43. The Bertz CT molecular complexity index is 461. The van der Waals surface area contributed by atoms with Crippen LogP contribution in [0.3, 0.4) is 0 Å². The lowest BCUT2D eigenvalue weighted by Crippen LogP contribution is -2.54. The molecule has 4 nitrogen and oxygen atoms in total. The lowest BCUT2D eigenvalue weighted by molar-refractivity contribution is -0.120. The highest BCUT2D eigenvalue weighted by molar-refractivity contribution is 5.76. The molecular weight excluding hydrogens is 240 g/mol. The molecule has 1 aliphatic heterocycles. The average molecular weight is 262 g/mol. The summed E-state index contributed by atoms with van der Waals surface area (Å²) in [6.07, 6.45) is 1.31. The fraction of sp³-hybridized carbons (Fsp3) is 0.533. The Hall–Kier alpha value is -1.55. The van der Waals surface area contributed by atoms with Gasteiger partial charge in [-0.25, -0.2) is 0 Å². The van der Waals surface area contributed by atoms with Crippen molar-refractivity contribution in [2.24, 2.45) is 11.7 Å². The van der Waals surface area contributed by atoms with Crippen LogP contribution in [0.4, 0.5) is 0 Å². The maximum atomic E-state index is 11.5. The van der Waals surface area contributed by atoms with Crippen molar-refractivity contribution in [1.82, 2.24) is 5.32 Å². The zero-order valence-electron chi connectivity index (χ0n) is 11.6. The molecule has 0 aliphatic carbocycles. The normalized spacial score (nSPS) is 25.5. The number of amides is 1. The number of ether oxygens (including phenoxy) is 1. The molecule has 3 N–H and O–H groups in total. The van der Waals surface area contributed by atoms with E-state index in [0.717, 1.165) is 24.3 Å². The van der Waals surface area contributed by atoms with Crippen LogP contribution in [-0.2, 0) is 10.3 Å². The predicted octanol–water partition coefficient (Wildman–Crippen LogP) is 1.79. The van der Waals surface area contributed by atoms with Crippen molar-refractivity contribution in [3.8, 4) is 5.75 Å². The number of carbonyl (C=O) groups excluding carboxylic acids is 1. The second-order valence-corrected chi connectivity index (χ2v) is 5.25. The van der Waals surface area contributed by atoms with Crippen molar-refractivity contribution in [1.29, 1.82) is 0 Å². The van der Waals surface area contributed by atoms with Gasteiger partial charge in [0.1, 0.15) is 5.75 Å². The van der Waals surface area contributed by atoms with Crippen LogP contribution in [0.1, 0.15) is 32.3 Å². The van der Waals surface area contributed by atoms with E-state index >= 15 is 0 Å². The summed E-state index contributed by atoms with van der Waals surface area (Å²) < 4.78 is 5.76. The molecule has 19 heavy (non-hydrogen) atoms. The number of rotatable bonds is 5. The van der Waals surface area contributed by atoms with Gasteiger partial charge < -0.3 is 15.8 Å². The number of nitrogens with two attached hydrogens (primary N) is 1. The van der Waals surface area contributed by atoms with E-state index in [4.69, 9.17) is 10.5 Å². The number of benzene rings is 1. The van der Waals surface area contributed by atoms with Crippen molar-refractivity contribution in [3.05, 3.63) is 29.8 Å². The molecule has 0 spiro atoms. The number of carbonyl (C=O) groups is 1. The third-order valence-corrected chi connectivity index (χ3v) is 3.84. The minimum absolute atomic E-state index is 0.196. The van der Waals surface area contributed by atoms with Crippen molar-refractivity contribution < 1.29 is 9.53 Å². The molecule has 1 aliphatic rings. The maximum Gasteiger partial charge on any atom is 0.219 e. The van der Waals surface area contributed by atoms with Crippen LogP contribution in [0.25, 0.3) is 0 Å². The van der Waals surface area contributed by atoms with Gasteiger partial charge in [-0.2, -0.15) is 0 Å². The minimum Gasteiger partial charge on any atom is -0.493 e. The zero-order valence-corrected chi connectivity index (χ0v) is 11.6. The number of hydrogen-bond acceptors (Lipinski definition) is 3. The molecular formula is C15H22N2O2. The summed E-state index contributed by atoms with van der Waals surface area (Å²) in [6, 6.07) is 7.90. The van der Waals surface area contributed by atoms with Gasteiger partial charge >= 0.3 is 0 Å². The predicted molar refractivity (Wildman–Crippen MR) is 74.9 cm³/mol. The van der Waals surface area contributed by atoms with Crippen molar-refractivity contribution in [2.75, 3.05) is 13.2 Å². The Kier molecular flexibility index (Phi) is 4.10. The standard InChI is InChI=1S/C15H22N2O2/c1-3-8-17-15(9-14(16)18)11(2)10-19-13-7-5-4-6-12(13)15/h4-7,11,17H,3,8-10H2,1-2H3,(H2,16,18). The van der Waals surface area contributed by atoms with E-state index in [1.165, 1.54) is 0 Å². The summed E-state index contributed by atoms with van der Waals surface area (Å²) in [5.74, 6) is 0.763. The minimum atomic E-state index is -0.406. The third-order valence-electron chi connectivity index (χ3n) is 3.84. The number of primary amides is 1. The summed E-state index contributed by atoms with van der Waals surface area (Å²) in [6.45, 7) is 5.66. The molecule has 2 atom stereocenters. The fourth-order valence-electron chi connectivity index (χ4n) is 2.81. The van der Waals surface area contributed by atoms with E-state index in [0.29, 0.717) is 13.0 Å². The summed E-state index contributed by atoms with van der Waals surface area (Å²) in [4.78, 5) is 11.5. The van der Waals surface area contributed by atoms with Gasteiger partial charge in [-0.3, -0.25) is 4.79 Å². The van der Waals surface area contributed by atoms with Crippen LogP contribution >= 0.6 is 0 Å². The monoisotopic (exact) mass is 262 g/mol. The fourth-order valence-corrected chi connectivity index (χ4v) is 2.81. The Morgan fingerprint density at radius 3 is 2.95 bits per heavy atom. The summed E-state index contributed by atoms with van der Waals surface area (Å²) in [5.41, 5.74) is 6.12. The molecule has 1 aromatic carbocycles. The molecule has 4 heteroatoms.